The van der Waals surface area contributed by atoms with Gasteiger partial charge in [-0.2, -0.15) is 0 Å². The number of nitrogens with one attached hydrogen (secondary N) is 1. The van der Waals surface area contributed by atoms with Crippen LogP contribution in [0.5, 0.6) is 5.75 Å². The van der Waals surface area contributed by atoms with E-state index in [1.165, 1.54) is 10.6 Å². The lowest BCUT2D eigenvalue weighted by atomic mass is 10.2. The summed E-state index contributed by atoms with van der Waals surface area (Å²) in [5.41, 5.74) is 2.36. The van der Waals surface area contributed by atoms with Crippen LogP contribution in [-0.4, -0.2) is 32.9 Å². The molecule has 3 rings (SSSR count). The molecule has 0 amide bonds. The maximum Gasteiger partial charge on any atom is 0.257 e. The van der Waals surface area contributed by atoms with E-state index in [0.717, 1.165) is 16.6 Å². The lowest BCUT2D eigenvalue weighted by Gasteiger charge is -2.05. The van der Waals surface area contributed by atoms with Crippen LogP contribution in [0.25, 0.3) is 17.0 Å². The molecule has 108 valence electrons. The summed E-state index contributed by atoms with van der Waals surface area (Å²) in [7, 11) is 0. The van der Waals surface area contributed by atoms with Crippen molar-refractivity contribution in [2.45, 2.75) is 6.92 Å². The second-order valence-corrected chi connectivity index (χ2v) is 4.68. The highest BCUT2D eigenvalue weighted by molar-refractivity contribution is 5.81. The predicted octanol–water partition coefficient (Wildman–Crippen LogP) is 1.39. The Kier molecular flexibility index (Phi) is 3.45. The van der Waals surface area contributed by atoms with Crippen LogP contribution in [0.15, 0.2) is 41.3 Å². The number of H-pyrrole nitrogens is 1. The molecular formula is C15H15N3O3. The van der Waals surface area contributed by atoms with E-state index in [1.807, 2.05) is 19.1 Å². The SMILES string of the molecule is Cc1cc(OCCO)cc2[nH]c(-n3ccccc3=O)nc12. The van der Waals surface area contributed by atoms with E-state index in [9.17, 15) is 4.79 Å². The van der Waals surface area contributed by atoms with E-state index < -0.39 is 0 Å². The molecule has 0 spiro atoms. The largest absolute Gasteiger partial charge is 0.491 e. The smallest absolute Gasteiger partial charge is 0.257 e. The van der Waals surface area contributed by atoms with Crippen molar-refractivity contribution < 1.29 is 9.84 Å². The summed E-state index contributed by atoms with van der Waals surface area (Å²) in [4.78, 5) is 19.4. The molecule has 0 aliphatic carbocycles. The molecule has 0 aliphatic heterocycles. The van der Waals surface area contributed by atoms with Crippen LogP contribution in [-0.2, 0) is 0 Å². The number of rotatable bonds is 4. The van der Waals surface area contributed by atoms with Crippen LogP contribution in [0.2, 0.25) is 0 Å². The summed E-state index contributed by atoms with van der Waals surface area (Å²) >= 11 is 0. The molecule has 0 aliphatic rings. The molecule has 3 aromatic rings. The Labute approximate surface area is 120 Å². The zero-order chi connectivity index (χ0) is 14.8. The van der Waals surface area contributed by atoms with E-state index in [0.29, 0.717) is 11.7 Å². The average Bonchev–Trinajstić information content (AvgIpc) is 2.90. The number of aryl methyl sites for hydroxylation is 1. The van der Waals surface area contributed by atoms with E-state index in [-0.39, 0.29) is 18.8 Å². The van der Waals surface area contributed by atoms with Gasteiger partial charge in [0, 0.05) is 18.3 Å². The number of fused-ring (bicyclic) bond motifs is 1. The normalized spacial score (nSPS) is 11.0. The van der Waals surface area contributed by atoms with Crippen molar-refractivity contribution in [3.63, 3.8) is 0 Å². The number of aromatic amines is 1. The van der Waals surface area contributed by atoms with Crippen molar-refractivity contribution in [2.24, 2.45) is 0 Å². The van der Waals surface area contributed by atoms with Gasteiger partial charge in [-0.25, -0.2) is 4.98 Å². The number of pyridine rings is 1. The first-order chi connectivity index (χ1) is 10.2. The fourth-order valence-electron chi connectivity index (χ4n) is 2.21. The third-order valence-electron chi connectivity index (χ3n) is 3.15. The molecule has 2 N–H and O–H groups in total. The number of hydrogen-bond acceptors (Lipinski definition) is 4. The molecule has 0 radical (unpaired) electrons. The van der Waals surface area contributed by atoms with Gasteiger partial charge in [0.05, 0.1) is 17.6 Å². The first-order valence-electron chi connectivity index (χ1n) is 6.61. The minimum Gasteiger partial charge on any atom is -0.491 e. The number of aromatic nitrogens is 3. The van der Waals surface area contributed by atoms with Crippen molar-refractivity contribution in [1.82, 2.24) is 14.5 Å². The van der Waals surface area contributed by atoms with Gasteiger partial charge in [-0.05, 0) is 24.6 Å². The van der Waals surface area contributed by atoms with E-state index in [2.05, 4.69) is 9.97 Å². The first-order valence-corrected chi connectivity index (χ1v) is 6.61. The zero-order valence-electron chi connectivity index (χ0n) is 11.5. The van der Waals surface area contributed by atoms with Gasteiger partial charge in [0.25, 0.3) is 5.56 Å². The van der Waals surface area contributed by atoms with Crippen molar-refractivity contribution in [3.8, 4) is 11.7 Å². The summed E-state index contributed by atoms with van der Waals surface area (Å²) in [6, 6.07) is 8.61. The maximum atomic E-state index is 11.8. The molecule has 2 aromatic heterocycles. The maximum absolute atomic E-state index is 11.8. The Morgan fingerprint density at radius 1 is 1.38 bits per heavy atom. The molecule has 0 fully saturated rings. The fraction of sp³-hybridized carbons (Fsp3) is 0.200. The Morgan fingerprint density at radius 3 is 3.00 bits per heavy atom. The lowest BCUT2D eigenvalue weighted by molar-refractivity contribution is 0.201. The number of aliphatic hydroxyl groups excluding tert-OH is 1. The quantitative estimate of drug-likeness (QED) is 0.759. The third kappa shape index (κ3) is 2.53. The Morgan fingerprint density at radius 2 is 2.24 bits per heavy atom. The summed E-state index contributed by atoms with van der Waals surface area (Å²) in [5, 5.41) is 8.81. The molecule has 6 heteroatoms. The highest BCUT2D eigenvalue weighted by atomic mass is 16.5. The second kappa shape index (κ2) is 5.41. The van der Waals surface area contributed by atoms with Crippen molar-refractivity contribution >= 4 is 11.0 Å². The van der Waals surface area contributed by atoms with Gasteiger partial charge >= 0.3 is 0 Å². The molecule has 0 saturated heterocycles. The number of imidazole rings is 1. The van der Waals surface area contributed by atoms with Crippen LogP contribution in [0.3, 0.4) is 0 Å². The number of hydrogen-bond donors (Lipinski definition) is 2. The molecule has 0 unspecified atom stereocenters. The van der Waals surface area contributed by atoms with Crippen LogP contribution in [0, 0.1) is 6.92 Å². The van der Waals surface area contributed by atoms with Crippen molar-refractivity contribution in [3.05, 3.63) is 52.4 Å². The zero-order valence-corrected chi connectivity index (χ0v) is 11.5. The summed E-state index contributed by atoms with van der Waals surface area (Å²) in [6.07, 6.45) is 1.67. The van der Waals surface area contributed by atoms with Crippen LogP contribution >= 0.6 is 0 Å². The molecular weight excluding hydrogens is 270 g/mol. The molecule has 6 nitrogen and oxygen atoms in total. The summed E-state index contributed by atoms with van der Waals surface area (Å²) in [6.45, 7) is 2.13. The molecule has 0 atom stereocenters. The molecule has 2 heterocycles. The standard InChI is InChI=1S/C15H15N3O3/c1-10-8-11(21-7-6-19)9-12-14(10)17-15(16-12)18-5-3-2-4-13(18)20/h2-5,8-9,19H,6-7H2,1H3,(H,16,17). The molecule has 21 heavy (non-hydrogen) atoms. The highest BCUT2D eigenvalue weighted by Gasteiger charge is 2.09. The summed E-state index contributed by atoms with van der Waals surface area (Å²) < 4.78 is 6.87. The number of benzene rings is 1. The lowest BCUT2D eigenvalue weighted by Crippen LogP contribution is -2.16. The van der Waals surface area contributed by atoms with E-state index >= 15 is 0 Å². The topological polar surface area (TPSA) is 80.1 Å². The van der Waals surface area contributed by atoms with Crippen molar-refractivity contribution in [2.75, 3.05) is 13.2 Å². The number of ether oxygens (including phenoxy) is 1. The fourth-order valence-corrected chi connectivity index (χ4v) is 2.21. The third-order valence-corrected chi connectivity index (χ3v) is 3.15. The van der Waals surface area contributed by atoms with Gasteiger partial charge in [0.2, 0.25) is 5.95 Å². The Hall–Kier alpha value is -2.60. The monoisotopic (exact) mass is 285 g/mol. The number of aliphatic hydroxyl groups is 1. The van der Waals surface area contributed by atoms with Gasteiger partial charge in [-0.15, -0.1) is 0 Å². The minimum absolute atomic E-state index is 0.0370. The van der Waals surface area contributed by atoms with Gasteiger partial charge in [-0.3, -0.25) is 9.36 Å². The van der Waals surface area contributed by atoms with E-state index in [1.54, 1.807) is 18.3 Å². The Balaban J connectivity index is 2.10. The highest BCUT2D eigenvalue weighted by Crippen LogP contribution is 2.24. The van der Waals surface area contributed by atoms with Gasteiger partial charge in [-0.1, -0.05) is 6.07 Å². The summed E-state index contributed by atoms with van der Waals surface area (Å²) in [5.74, 6) is 1.13. The molecule has 0 saturated carbocycles. The van der Waals surface area contributed by atoms with Crippen molar-refractivity contribution in [1.29, 1.82) is 0 Å². The average molecular weight is 285 g/mol. The predicted molar refractivity (Wildman–Crippen MR) is 79.0 cm³/mol. The molecule has 1 aromatic carbocycles. The van der Waals surface area contributed by atoms with Crippen LogP contribution < -0.4 is 10.3 Å². The Bertz CT molecular complexity index is 836. The first kappa shape index (κ1) is 13.4. The number of nitrogens with zero attached hydrogens (tertiary/aromatic N) is 2. The minimum atomic E-state index is -0.147. The molecule has 0 bridgehead atoms. The van der Waals surface area contributed by atoms with Gasteiger partial charge < -0.3 is 14.8 Å². The van der Waals surface area contributed by atoms with Gasteiger partial charge in [0.1, 0.15) is 12.4 Å². The van der Waals surface area contributed by atoms with Crippen LogP contribution in [0.1, 0.15) is 5.56 Å². The van der Waals surface area contributed by atoms with Gasteiger partial charge in [0.15, 0.2) is 0 Å². The second-order valence-electron chi connectivity index (χ2n) is 4.68. The van der Waals surface area contributed by atoms with Crippen LogP contribution in [0.4, 0.5) is 0 Å². The van der Waals surface area contributed by atoms with E-state index in [4.69, 9.17) is 9.84 Å².